The number of amides is 1. The van der Waals surface area contributed by atoms with Crippen molar-refractivity contribution in [3.8, 4) is 0 Å². The number of nitrogens with one attached hydrogen (secondary N) is 1. The van der Waals surface area contributed by atoms with Gasteiger partial charge in [-0.05, 0) is 24.7 Å². The molecule has 1 amide bonds. The van der Waals surface area contributed by atoms with Crippen molar-refractivity contribution < 1.29 is 19.4 Å². The Morgan fingerprint density at radius 1 is 1.25 bits per heavy atom. The van der Waals surface area contributed by atoms with Gasteiger partial charge in [0, 0.05) is 33.1 Å². The molecular weight excluding hydrogens is 258 g/mol. The van der Waals surface area contributed by atoms with Crippen molar-refractivity contribution in [1.82, 2.24) is 5.32 Å². The monoisotopic (exact) mass is 287 g/mol. The topological polar surface area (TPSA) is 75.6 Å². The van der Waals surface area contributed by atoms with Gasteiger partial charge in [0.15, 0.2) is 0 Å². The molecule has 0 aliphatic carbocycles. The summed E-state index contributed by atoms with van der Waals surface area (Å²) < 4.78 is 5.00. The molecule has 0 heterocycles. The van der Waals surface area contributed by atoms with Gasteiger partial charge >= 0.3 is 5.97 Å². The van der Waals surface area contributed by atoms with Crippen LogP contribution in [0.3, 0.4) is 0 Å². The second-order valence-electron chi connectivity index (χ2n) is 5.49. The van der Waals surface area contributed by atoms with Crippen LogP contribution in [-0.4, -0.2) is 37.2 Å². The molecule has 2 unspecified atom stereocenters. The van der Waals surface area contributed by atoms with E-state index in [0.717, 1.165) is 19.3 Å². The van der Waals surface area contributed by atoms with Crippen LogP contribution in [0.25, 0.3) is 0 Å². The molecule has 5 heteroatoms. The molecule has 0 rings (SSSR count). The summed E-state index contributed by atoms with van der Waals surface area (Å²) in [6, 6.07) is 0. The maximum atomic E-state index is 11.7. The summed E-state index contributed by atoms with van der Waals surface area (Å²) in [5.41, 5.74) is 0. The van der Waals surface area contributed by atoms with Crippen molar-refractivity contribution >= 4 is 11.9 Å². The van der Waals surface area contributed by atoms with Crippen LogP contribution in [0.4, 0.5) is 0 Å². The third-order valence-electron chi connectivity index (χ3n) is 3.32. The van der Waals surface area contributed by atoms with Crippen molar-refractivity contribution in [3.05, 3.63) is 0 Å². The highest BCUT2D eigenvalue weighted by atomic mass is 16.5. The smallest absolute Gasteiger partial charge is 0.303 e. The normalized spacial score (nSPS) is 13.8. The van der Waals surface area contributed by atoms with E-state index in [0.29, 0.717) is 31.9 Å². The number of carboxylic acids is 1. The van der Waals surface area contributed by atoms with Gasteiger partial charge in [-0.1, -0.05) is 26.7 Å². The van der Waals surface area contributed by atoms with Crippen LogP contribution in [0.1, 0.15) is 52.4 Å². The number of ether oxygens (including phenoxy) is 1. The minimum Gasteiger partial charge on any atom is -0.481 e. The van der Waals surface area contributed by atoms with Crippen molar-refractivity contribution in [2.24, 2.45) is 11.8 Å². The van der Waals surface area contributed by atoms with Crippen molar-refractivity contribution in [2.75, 3.05) is 20.3 Å². The number of hydrogen-bond donors (Lipinski definition) is 2. The van der Waals surface area contributed by atoms with E-state index in [2.05, 4.69) is 12.2 Å². The maximum Gasteiger partial charge on any atom is 0.303 e. The highest BCUT2D eigenvalue weighted by Crippen LogP contribution is 2.17. The Bertz CT molecular complexity index is 281. The zero-order chi connectivity index (χ0) is 15.4. The Morgan fingerprint density at radius 3 is 2.50 bits per heavy atom. The van der Waals surface area contributed by atoms with E-state index in [9.17, 15) is 9.59 Å². The van der Waals surface area contributed by atoms with Gasteiger partial charge in [0.1, 0.15) is 0 Å². The summed E-state index contributed by atoms with van der Waals surface area (Å²) in [6.45, 7) is 5.29. The molecule has 0 bridgehead atoms. The molecule has 0 aromatic rings. The number of methoxy groups -OCH3 is 1. The number of carbonyl (C=O) groups excluding carboxylic acids is 1. The Balaban J connectivity index is 3.85. The predicted molar refractivity (Wildman–Crippen MR) is 78.6 cm³/mol. The Kier molecular flexibility index (Phi) is 11.1. The molecule has 0 radical (unpaired) electrons. The van der Waals surface area contributed by atoms with Crippen molar-refractivity contribution in [1.29, 1.82) is 0 Å². The van der Waals surface area contributed by atoms with Crippen LogP contribution < -0.4 is 5.32 Å². The Labute approximate surface area is 122 Å². The van der Waals surface area contributed by atoms with E-state index in [-0.39, 0.29) is 18.2 Å². The molecule has 2 N–H and O–H groups in total. The summed E-state index contributed by atoms with van der Waals surface area (Å²) in [6.07, 6.45) is 4.29. The first-order valence-corrected chi connectivity index (χ1v) is 7.47. The highest BCUT2D eigenvalue weighted by Gasteiger charge is 2.12. The van der Waals surface area contributed by atoms with Gasteiger partial charge in [0.25, 0.3) is 0 Å². The summed E-state index contributed by atoms with van der Waals surface area (Å²) >= 11 is 0. The van der Waals surface area contributed by atoms with E-state index >= 15 is 0 Å². The molecule has 0 fully saturated rings. The van der Waals surface area contributed by atoms with Crippen LogP contribution in [-0.2, 0) is 14.3 Å². The van der Waals surface area contributed by atoms with Crippen LogP contribution in [0.2, 0.25) is 0 Å². The zero-order valence-corrected chi connectivity index (χ0v) is 13.0. The molecule has 118 valence electrons. The quantitative estimate of drug-likeness (QED) is 0.578. The lowest BCUT2D eigenvalue weighted by atomic mass is 9.94. The Hall–Kier alpha value is -1.10. The molecule has 0 aromatic carbocycles. The second kappa shape index (κ2) is 11.7. The molecular formula is C15H29NO4. The van der Waals surface area contributed by atoms with Crippen LogP contribution >= 0.6 is 0 Å². The molecule has 0 aromatic heterocycles. The largest absolute Gasteiger partial charge is 0.481 e. The lowest BCUT2D eigenvalue weighted by Crippen LogP contribution is -2.28. The fourth-order valence-corrected chi connectivity index (χ4v) is 2.32. The molecule has 0 aliphatic heterocycles. The van der Waals surface area contributed by atoms with Gasteiger partial charge in [-0.15, -0.1) is 0 Å². The predicted octanol–water partition coefficient (Wildman–Crippen LogP) is 2.45. The van der Waals surface area contributed by atoms with E-state index < -0.39 is 5.97 Å². The first-order valence-electron chi connectivity index (χ1n) is 7.47. The van der Waals surface area contributed by atoms with Gasteiger partial charge in [-0.3, -0.25) is 9.59 Å². The average molecular weight is 287 g/mol. The maximum absolute atomic E-state index is 11.7. The number of hydrogen-bond acceptors (Lipinski definition) is 3. The number of aliphatic carboxylic acids is 1. The number of carboxylic acid groups (broad SMARTS) is 1. The van der Waals surface area contributed by atoms with Gasteiger partial charge in [0.05, 0.1) is 0 Å². The lowest BCUT2D eigenvalue weighted by Gasteiger charge is -2.16. The average Bonchev–Trinajstić information content (AvgIpc) is 2.35. The standard InChI is InChI=1S/C15H29NO4/c1-4-5-13(6-7-15(18)19)8-9-16-14(17)10-12(2)11-20-3/h12-13H,4-11H2,1-3H3,(H,16,17)(H,18,19). The minimum atomic E-state index is -0.747. The third-order valence-corrected chi connectivity index (χ3v) is 3.32. The van der Waals surface area contributed by atoms with Gasteiger partial charge in [-0.25, -0.2) is 0 Å². The van der Waals surface area contributed by atoms with Crippen molar-refractivity contribution in [2.45, 2.75) is 52.4 Å². The van der Waals surface area contributed by atoms with Gasteiger partial charge in [-0.2, -0.15) is 0 Å². The fourth-order valence-electron chi connectivity index (χ4n) is 2.32. The molecule has 2 atom stereocenters. The summed E-state index contributed by atoms with van der Waals surface area (Å²) in [7, 11) is 1.63. The number of carbonyl (C=O) groups is 2. The fraction of sp³-hybridized carbons (Fsp3) is 0.867. The first kappa shape index (κ1) is 18.9. The molecule has 0 spiro atoms. The first-order chi connectivity index (χ1) is 9.49. The lowest BCUT2D eigenvalue weighted by molar-refractivity contribution is -0.137. The van der Waals surface area contributed by atoms with E-state index in [1.807, 2.05) is 6.92 Å². The van der Waals surface area contributed by atoms with Crippen LogP contribution in [0.5, 0.6) is 0 Å². The SMILES string of the molecule is CCCC(CCNC(=O)CC(C)COC)CCC(=O)O. The van der Waals surface area contributed by atoms with Crippen LogP contribution in [0, 0.1) is 11.8 Å². The van der Waals surface area contributed by atoms with E-state index in [1.54, 1.807) is 7.11 Å². The molecule has 0 saturated heterocycles. The Morgan fingerprint density at radius 2 is 1.95 bits per heavy atom. The van der Waals surface area contributed by atoms with Gasteiger partial charge in [0.2, 0.25) is 5.91 Å². The number of rotatable bonds is 12. The zero-order valence-electron chi connectivity index (χ0n) is 13.0. The molecule has 0 aliphatic rings. The summed E-state index contributed by atoms with van der Waals surface area (Å²) in [4.78, 5) is 22.3. The molecule has 5 nitrogen and oxygen atoms in total. The summed E-state index contributed by atoms with van der Waals surface area (Å²) in [5.74, 6) is -0.0993. The summed E-state index contributed by atoms with van der Waals surface area (Å²) in [5, 5.41) is 11.6. The van der Waals surface area contributed by atoms with Gasteiger partial charge < -0.3 is 15.2 Å². The molecule has 20 heavy (non-hydrogen) atoms. The van der Waals surface area contributed by atoms with E-state index in [1.165, 1.54) is 0 Å². The van der Waals surface area contributed by atoms with Crippen molar-refractivity contribution in [3.63, 3.8) is 0 Å². The highest BCUT2D eigenvalue weighted by molar-refractivity contribution is 5.76. The third kappa shape index (κ3) is 10.8. The van der Waals surface area contributed by atoms with E-state index in [4.69, 9.17) is 9.84 Å². The second-order valence-corrected chi connectivity index (χ2v) is 5.49. The minimum absolute atomic E-state index is 0.0445. The molecule has 0 saturated carbocycles. The van der Waals surface area contributed by atoms with Crippen LogP contribution in [0.15, 0.2) is 0 Å².